The summed E-state index contributed by atoms with van der Waals surface area (Å²) in [6.45, 7) is 7.67. The van der Waals surface area contributed by atoms with Gasteiger partial charge < -0.3 is 10.4 Å². The van der Waals surface area contributed by atoms with Crippen molar-refractivity contribution in [3.8, 4) is 5.75 Å². The molecule has 1 rings (SSSR count). The predicted molar refractivity (Wildman–Crippen MR) is 65.5 cm³/mol. The van der Waals surface area contributed by atoms with Crippen LogP contribution in [0.4, 0.5) is 5.69 Å². The van der Waals surface area contributed by atoms with Gasteiger partial charge in [0.05, 0.1) is 0 Å². The lowest BCUT2D eigenvalue weighted by atomic mass is 9.89. The first kappa shape index (κ1) is 12.6. The minimum Gasteiger partial charge on any atom is -0.508 e. The predicted octanol–water partition coefficient (Wildman–Crippen LogP) is 3.08. The van der Waals surface area contributed by atoms with E-state index < -0.39 is 0 Å². The number of hydrogen-bond donors (Lipinski definition) is 2. The van der Waals surface area contributed by atoms with Crippen LogP contribution in [-0.4, -0.2) is 11.0 Å². The lowest BCUT2D eigenvalue weighted by molar-refractivity contribution is -0.124. The Labute approximate surface area is 96.5 Å². The second kappa shape index (κ2) is 4.56. The molecule has 0 atom stereocenters. The molecule has 2 N–H and O–H groups in total. The Hall–Kier alpha value is -1.51. The Bertz CT molecular complexity index is 397. The van der Waals surface area contributed by atoms with Gasteiger partial charge in [0.1, 0.15) is 5.75 Å². The van der Waals surface area contributed by atoms with Gasteiger partial charge in [0, 0.05) is 11.1 Å². The molecule has 16 heavy (non-hydrogen) atoms. The summed E-state index contributed by atoms with van der Waals surface area (Å²) in [6, 6.07) is 4.92. The van der Waals surface area contributed by atoms with E-state index >= 15 is 0 Å². The summed E-state index contributed by atoms with van der Waals surface area (Å²) < 4.78 is 0. The van der Waals surface area contributed by atoms with Crippen molar-refractivity contribution in [3.63, 3.8) is 0 Å². The van der Waals surface area contributed by atoms with E-state index in [1.807, 2.05) is 27.7 Å². The highest BCUT2D eigenvalue weighted by Gasteiger charge is 2.25. The zero-order chi connectivity index (χ0) is 12.3. The standard InChI is InChI=1S/C13H19NO2/c1-5-13(3,4)12(16)14-11-7-6-10(15)8-9(11)2/h6-8,15H,5H2,1-4H3,(H,14,16). The molecule has 3 nitrogen and oxygen atoms in total. The molecule has 0 bridgehead atoms. The highest BCUT2D eigenvalue weighted by molar-refractivity contribution is 5.95. The number of carbonyl (C=O) groups excluding carboxylic acids is 1. The molecule has 88 valence electrons. The van der Waals surface area contributed by atoms with Crippen LogP contribution in [0.25, 0.3) is 0 Å². The van der Waals surface area contributed by atoms with Crippen LogP contribution in [0.2, 0.25) is 0 Å². The summed E-state index contributed by atoms with van der Waals surface area (Å²) in [6.07, 6.45) is 0.788. The van der Waals surface area contributed by atoms with Crippen LogP contribution in [0, 0.1) is 12.3 Å². The Kier molecular flexibility index (Phi) is 3.58. The van der Waals surface area contributed by atoms with Gasteiger partial charge in [-0.15, -0.1) is 0 Å². The normalized spacial score (nSPS) is 11.2. The Balaban J connectivity index is 2.85. The monoisotopic (exact) mass is 221 g/mol. The van der Waals surface area contributed by atoms with E-state index in [1.54, 1.807) is 18.2 Å². The molecule has 0 fully saturated rings. The second-order valence-corrected chi connectivity index (χ2v) is 4.69. The van der Waals surface area contributed by atoms with Gasteiger partial charge in [0.15, 0.2) is 0 Å². The van der Waals surface area contributed by atoms with Crippen LogP contribution in [0.1, 0.15) is 32.8 Å². The third kappa shape index (κ3) is 2.75. The smallest absolute Gasteiger partial charge is 0.230 e. The van der Waals surface area contributed by atoms with E-state index in [9.17, 15) is 9.90 Å². The Morgan fingerprint density at radius 2 is 2.06 bits per heavy atom. The number of hydrogen-bond acceptors (Lipinski definition) is 2. The first-order valence-electron chi connectivity index (χ1n) is 5.48. The number of phenolic OH excluding ortho intramolecular Hbond substituents is 1. The number of nitrogens with one attached hydrogen (secondary N) is 1. The zero-order valence-electron chi connectivity index (χ0n) is 10.3. The fourth-order valence-corrected chi connectivity index (χ4v) is 1.24. The van der Waals surface area contributed by atoms with E-state index in [2.05, 4.69) is 5.32 Å². The molecule has 0 saturated carbocycles. The van der Waals surface area contributed by atoms with E-state index in [-0.39, 0.29) is 17.1 Å². The fraction of sp³-hybridized carbons (Fsp3) is 0.462. The molecule has 0 aliphatic carbocycles. The van der Waals surface area contributed by atoms with Crippen LogP contribution in [0.15, 0.2) is 18.2 Å². The number of carbonyl (C=O) groups is 1. The maximum absolute atomic E-state index is 11.9. The van der Waals surface area contributed by atoms with Crippen LogP contribution >= 0.6 is 0 Å². The molecule has 0 aliphatic rings. The van der Waals surface area contributed by atoms with Gasteiger partial charge in [-0.05, 0) is 37.1 Å². The van der Waals surface area contributed by atoms with Crippen molar-refractivity contribution < 1.29 is 9.90 Å². The topological polar surface area (TPSA) is 49.3 Å². The number of benzene rings is 1. The van der Waals surface area contributed by atoms with Crippen LogP contribution < -0.4 is 5.32 Å². The van der Waals surface area contributed by atoms with E-state index in [1.165, 1.54) is 0 Å². The molecule has 1 aromatic carbocycles. The largest absolute Gasteiger partial charge is 0.508 e. The van der Waals surface area contributed by atoms with Crippen molar-refractivity contribution in [2.24, 2.45) is 5.41 Å². The first-order valence-corrected chi connectivity index (χ1v) is 5.48. The highest BCUT2D eigenvalue weighted by atomic mass is 16.3. The van der Waals surface area contributed by atoms with Gasteiger partial charge in [-0.3, -0.25) is 4.79 Å². The number of amides is 1. The van der Waals surface area contributed by atoms with Gasteiger partial charge in [-0.25, -0.2) is 0 Å². The zero-order valence-corrected chi connectivity index (χ0v) is 10.3. The minimum atomic E-state index is -0.371. The molecule has 1 amide bonds. The third-order valence-corrected chi connectivity index (χ3v) is 2.96. The molecule has 0 unspecified atom stereocenters. The number of rotatable bonds is 3. The molecular formula is C13H19NO2. The van der Waals surface area contributed by atoms with Crippen molar-refractivity contribution in [2.75, 3.05) is 5.32 Å². The molecular weight excluding hydrogens is 202 g/mol. The summed E-state index contributed by atoms with van der Waals surface area (Å²) in [5, 5.41) is 12.1. The van der Waals surface area contributed by atoms with Crippen molar-refractivity contribution >= 4 is 11.6 Å². The second-order valence-electron chi connectivity index (χ2n) is 4.69. The van der Waals surface area contributed by atoms with Crippen LogP contribution in [0.5, 0.6) is 5.75 Å². The van der Waals surface area contributed by atoms with E-state index in [0.717, 1.165) is 17.7 Å². The number of anilines is 1. The number of aryl methyl sites for hydroxylation is 1. The molecule has 0 aromatic heterocycles. The lowest BCUT2D eigenvalue weighted by Crippen LogP contribution is -2.30. The maximum Gasteiger partial charge on any atom is 0.230 e. The van der Waals surface area contributed by atoms with Gasteiger partial charge in [0.25, 0.3) is 0 Å². The summed E-state index contributed by atoms with van der Waals surface area (Å²) >= 11 is 0. The summed E-state index contributed by atoms with van der Waals surface area (Å²) in [7, 11) is 0. The Morgan fingerprint density at radius 3 is 2.56 bits per heavy atom. The van der Waals surface area contributed by atoms with Crippen molar-refractivity contribution in [1.82, 2.24) is 0 Å². The molecule has 1 aromatic rings. The van der Waals surface area contributed by atoms with Gasteiger partial charge >= 0.3 is 0 Å². The minimum absolute atomic E-state index is 0.00351. The molecule has 0 aliphatic heterocycles. The van der Waals surface area contributed by atoms with Crippen molar-refractivity contribution in [1.29, 1.82) is 0 Å². The molecule has 0 heterocycles. The first-order chi connectivity index (χ1) is 7.36. The quantitative estimate of drug-likeness (QED) is 0.771. The van der Waals surface area contributed by atoms with Crippen LogP contribution in [-0.2, 0) is 4.79 Å². The van der Waals surface area contributed by atoms with Crippen molar-refractivity contribution in [3.05, 3.63) is 23.8 Å². The van der Waals surface area contributed by atoms with Gasteiger partial charge in [-0.1, -0.05) is 20.8 Å². The SMILES string of the molecule is CCC(C)(C)C(=O)Nc1ccc(O)cc1C. The summed E-state index contributed by atoms with van der Waals surface area (Å²) in [5.41, 5.74) is 1.24. The number of phenols is 1. The Morgan fingerprint density at radius 1 is 1.44 bits per heavy atom. The summed E-state index contributed by atoms with van der Waals surface area (Å²) in [5.74, 6) is 0.217. The summed E-state index contributed by atoms with van der Waals surface area (Å²) in [4.78, 5) is 11.9. The molecule has 3 heteroatoms. The van der Waals surface area contributed by atoms with Gasteiger partial charge in [-0.2, -0.15) is 0 Å². The van der Waals surface area contributed by atoms with E-state index in [4.69, 9.17) is 0 Å². The molecule has 0 spiro atoms. The highest BCUT2D eigenvalue weighted by Crippen LogP contribution is 2.25. The number of aromatic hydroxyl groups is 1. The maximum atomic E-state index is 11.9. The van der Waals surface area contributed by atoms with Gasteiger partial charge in [0.2, 0.25) is 5.91 Å². The van der Waals surface area contributed by atoms with E-state index in [0.29, 0.717) is 0 Å². The third-order valence-electron chi connectivity index (χ3n) is 2.96. The average molecular weight is 221 g/mol. The van der Waals surface area contributed by atoms with Crippen LogP contribution in [0.3, 0.4) is 0 Å². The molecule has 0 radical (unpaired) electrons. The van der Waals surface area contributed by atoms with Crippen molar-refractivity contribution in [2.45, 2.75) is 34.1 Å². The molecule has 0 saturated heterocycles. The fourth-order valence-electron chi connectivity index (χ4n) is 1.24. The lowest BCUT2D eigenvalue weighted by Gasteiger charge is -2.22. The average Bonchev–Trinajstić information content (AvgIpc) is 2.22.